The zero-order chi connectivity index (χ0) is 20.2. The molecule has 1 amide bonds. The molecule has 0 fully saturated rings. The second-order valence-electron chi connectivity index (χ2n) is 7.50. The van der Waals surface area contributed by atoms with Crippen LogP contribution in [-0.4, -0.2) is 22.0 Å². The van der Waals surface area contributed by atoms with Crippen molar-refractivity contribution in [3.8, 4) is 0 Å². The van der Waals surface area contributed by atoms with Crippen molar-refractivity contribution in [1.82, 2.24) is 14.9 Å². The van der Waals surface area contributed by atoms with Gasteiger partial charge in [0.2, 0.25) is 0 Å². The lowest BCUT2D eigenvalue weighted by Gasteiger charge is -2.13. The van der Waals surface area contributed by atoms with Crippen LogP contribution in [-0.2, 0) is 6.54 Å². The van der Waals surface area contributed by atoms with Crippen LogP contribution in [0, 0.1) is 6.92 Å². The molecule has 0 unspecified atom stereocenters. The number of nitrogens with zero attached hydrogens (tertiary/aromatic N) is 2. The van der Waals surface area contributed by atoms with E-state index < -0.39 is 0 Å². The van der Waals surface area contributed by atoms with Gasteiger partial charge in [0.05, 0.1) is 28.7 Å². The molecule has 0 bridgehead atoms. The highest BCUT2D eigenvalue weighted by Gasteiger charge is 2.14. The summed E-state index contributed by atoms with van der Waals surface area (Å²) in [5, 5.41) is 5.47. The molecule has 0 aliphatic heterocycles. The number of pyridine rings is 2. The third-order valence-corrected chi connectivity index (χ3v) is 6.27. The number of fused-ring (bicyclic) bond motifs is 1. The lowest BCUT2D eigenvalue weighted by molar-refractivity contribution is 0.0953. The molecule has 0 spiro atoms. The first-order valence-electron chi connectivity index (χ1n) is 10.1. The highest BCUT2D eigenvalue weighted by atomic mass is 32.1. The van der Waals surface area contributed by atoms with Gasteiger partial charge in [-0.2, -0.15) is 0 Å². The van der Waals surface area contributed by atoms with E-state index in [2.05, 4.69) is 16.4 Å². The highest BCUT2D eigenvalue weighted by Crippen LogP contribution is 2.20. The maximum atomic E-state index is 12.9. The minimum atomic E-state index is -0.165. The summed E-state index contributed by atoms with van der Waals surface area (Å²) in [5.74, 6) is -0.165. The maximum absolute atomic E-state index is 12.9. The van der Waals surface area contributed by atoms with Gasteiger partial charge in [-0.3, -0.25) is 14.6 Å². The summed E-state index contributed by atoms with van der Waals surface area (Å²) in [4.78, 5) is 31.3. The van der Waals surface area contributed by atoms with Gasteiger partial charge in [-0.25, -0.2) is 0 Å². The Labute approximate surface area is 174 Å². The minimum Gasteiger partial charge on any atom is -0.352 e. The number of amides is 1. The molecular weight excluding hydrogens is 382 g/mol. The molecule has 5 nitrogen and oxygen atoms in total. The molecule has 4 rings (SSSR count). The number of hydrogen-bond donors (Lipinski definition) is 1. The van der Waals surface area contributed by atoms with E-state index >= 15 is 0 Å². The van der Waals surface area contributed by atoms with Gasteiger partial charge in [0.15, 0.2) is 0 Å². The van der Waals surface area contributed by atoms with Crippen LogP contribution in [0.4, 0.5) is 0 Å². The SMILES string of the molecule is Cc1nc2ccn(Cc3cccs3)c(=O)c2cc1C(=O)NCCC1=CCCCC1. The Hall–Kier alpha value is -2.73. The van der Waals surface area contributed by atoms with Gasteiger partial charge < -0.3 is 9.88 Å². The topological polar surface area (TPSA) is 64.0 Å². The second-order valence-corrected chi connectivity index (χ2v) is 8.53. The van der Waals surface area contributed by atoms with Crippen molar-refractivity contribution in [3.63, 3.8) is 0 Å². The number of rotatable bonds is 6. The Morgan fingerprint density at radius 3 is 2.97 bits per heavy atom. The van der Waals surface area contributed by atoms with Crippen LogP contribution in [0.1, 0.15) is 53.0 Å². The standard InChI is InChI=1S/C23H25N3O2S/c1-16-19(22(27)24-11-9-17-6-3-2-4-7-17)14-20-21(25-16)10-12-26(23(20)28)15-18-8-5-13-29-18/h5-6,8,10,12-14H,2-4,7,9,11,15H2,1H3,(H,24,27). The molecule has 6 heteroatoms. The van der Waals surface area contributed by atoms with Gasteiger partial charge >= 0.3 is 0 Å². The molecule has 0 aromatic carbocycles. The molecule has 0 saturated carbocycles. The zero-order valence-corrected chi connectivity index (χ0v) is 17.4. The van der Waals surface area contributed by atoms with Crippen molar-refractivity contribution >= 4 is 28.1 Å². The van der Waals surface area contributed by atoms with Crippen molar-refractivity contribution in [2.45, 2.75) is 45.6 Å². The average molecular weight is 408 g/mol. The number of allylic oxidation sites excluding steroid dienone is 1. The van der Waals surface area contributed by atoms with E-state index in [4.69, 9.17) is 0 Å². The van der Waals surface area contributed by atoms with Gasteiger partial charge in [0, 0.05) is 17.6 Å². The first kappa shape index (κ1) is 19.6. The molecule has 3 aromatic heterocycles. The number of thiophene rings is 1. The molecule has 0 radical (unpaired) electrons. The monoisotopic (exact) mass is 407 g/mol. The Kier molecular flexibility index (Phi) is 5.90. The van der Waals surface area contributed by atoms with E-state index in [-0.39, 0.29) is 11.5 Å². The second kappa shape index (κ2) is 8.74. The van der Waals surface area contributed by atoms with Crippen LogP contribution in [0.2, 0.25) is 0 Å². The zero-order valence-electron chi connectivity index (χ0n) is 16.6. The van der Waals surface area contributed by atoms with Gasteiger partial charge in [0.25, 0.3) is 11.5 Å². The Morgan fingerprint density at radius 2 is 2.21 bits per heavy atom. The molecular formula is C23H25N3O2S. The minimum absolute atomic E-state index is 0.121. The van der Waals surface area contributed by atoms with Gasteiger partial charge in [-0.1, -0.05) is 17.7 Å². The van der Waals surface area contributed by atoms with E-state index in [0.717, 1.165) is 24.1 Å². The Balaban J connectivity index is 1.54. The average Bonchev–Trinajstić information content (AvgIpc) is 3.24. The number of carbonyl (C=O) groups excluding carboxylic acids is 1. The van der Waals surface area contributed by atoms with E-state index in [1.54, 1.807) is 28.2 Å². The smallest absolute Gasteiger partial charge is 0.260 e. The largest absolute Gasteiger partial charge is 0.352 e. The number of aromatic nitrogens is 2. The van der Waals surface area contributed by atoms with Crippen molar-refractivity contribution in [2.24, 2.45) is 0 Å². The Bertz CT molecular complexity index is 1110. The van der Waals surface area contributed by atoms with Crippen molar-refractivity contribution < 1.29 is 4.79 Å². The fraction of sp³-hybridized carbons (Fsp3) is 0.348. The summed E-state index contributed by atoms with van der Waals surface area (Å²) in [5.41, 5.74) is 3.05. The molecule has 0 saturated heterocycles. The van der Waals surface area contributed by atoms with Gasteiger partial charge in [-0.05, 0) is 62.6 Å². The third-order valence-electron chi connectivity index (χ3n) is 5.41. The first-order valence-corrected chi connectivity index (χ1v) is 11.0. The normalized spacial score (nSPS) is 14.0. The molecule has 1 aliphatic rings. The number of carbonyl (C=O) groups is 1. The third kappa shape index (κ3) is 4.48. The summed E-state index contributed by atoms with van der Waals surface area (Å²) in [6.07, 6.45) is 9.75. The summed E-state index contributed by atoms with van der Waals surface area (Å²) in [7, 11) is 0. The predicted octanol–water partition coefficient (Wildman–Crippen LogP) is 4.44. The van der Waals surface area contributed by atoms with Crippen molar-refractivity contribution in [2.75, 3.05) is 6.54 Å². The van der Waals surface area contributed by atoms with Crippen LogP contribution < -0.4 is 10.9 Å². The molecule has 3 aromatic rings. The molecule has 150 valence electrons. The quantitative estimate of drug-likeness (QED) is 0.615. The Morgan fingerprint density at radius 1 is 1.31 bits per heavy atom. The predicted molar refractivity (Wildman–Crippen MR) is 118 cm³/mol. The van der Waals surface area contributed by atoms with Gasteiger partial charge in [0.1, 0.15) is 0 Å². The van der Waals surface area contributed by atoms with E-state index in [9.17, 15) is 9.59 Å². The number of aryl methyl sites for hydroxylation is 1. The summed E-state index contributed by atoms with van der Waals surface area (Å²) >= 11 is 1.62. The van der Waals surface area contributed by atoms with Crippen LogP contribution in [0.3, 0.4) is 0 Å². The number of hydrogen-bond acceptors (Lipinski definition) is 4. The van der Waals surface area contributed by atoms with Crippen LogP contribution in [0.15, 0.2) is 52.3 Å². The molecule has 1 N–H and O–H groups in total. The lowest BCUT2D eigenvalue weighted by atomic mass is 9.97. The molecule has 1 aliphatic carbocycles. The maximum Gasteiger partial charge on any atom is 0.260 e. The molecule has 0 atom stereocenters. The molecule has 3 heterocycles. The van der Waals surface area contributed by atoms with E-state index in [1.807, 2.05) is 30.5 Å². The highest BCUT2D eigenvalue weighted by molar-refractivity contribution is 7.09. The van der Waals surface area contributed by atoms with Gasteiger partial charge in [-0.15, -0.1) is 11.3 Å². The lowest BCUT2D eigenvalue weighted by Crippen LogP contribution is -2.27. The fourth-order valence-corrected chi connectivity index (χ4v) is 4.50. The van der Waals surface area contributed by atoms with E-state index in [1.165, 1.54) is 18.4 Å². The first-order chi connectivity index (χ1) is 14.1. The molecule has 29 heavy (non-hydrogen) atoms. The van der Waals surface area contributed by atoms with Crippen LogP contribution >= 0.6 is 11.3 Å². The van der Waals surface area contributed by atoms with Crippen LogP contribution in [0.25, 0.3) is 10.9 Å². The van der Waals surface area contributed by atoms with Crippen LogP contribution in [0.5, 0.6) is 0 Å². The fourth-order valence-electron chi connectivity index (χ4n) is 3.79. The van der Waals surface area contributed by atoms with Crippen molar-refractivity contribution in [1.29, 1.82) is 0 Å². The number of nitrogens with one attached hydrogen (secondary N) is 1. The summed E-state index contributed by atoms with van der Waals surface area (Å²) < 4.78 is 1.67. The summed E-state index contributed by atoms with van der Waals surface area (Å²) in [6, 6.07) is 7.52. The summed E-state index contributed by atoms with van der Waals surface area (Å²) in [6.45, 7) is 2.95. The van der Waals surface area contributed by atoms with E-state index in [0.29, 0.717) is 35.2 Å². The van der Waals surface area contributed by atoms with Crippen molar-refractivity contribution in [3.05, 3.63) is 74.0 Å².